The average molecular weight is 356 g/mol. The smallest absolute Gasteiger partial charge is 0.269 e. The van der Waals surface area contributed by atoms with Crippen LogP contribution in [0.25, 0.3) is 0 Å². The summed E-state index contributed by atoms with van der Waals surface area (Å²) in [6, 6.07) is 16.4. The van der Waals surface area contributed by atoms with E-state index in [1.807, 2.05) is 42.2 Å². The molecule has 1 heterocycles. The molecule has 1 saturated heterocycles. The zero-order chi connectivity index (χ0) is 17.8. The molecule has 0 radical (unpaired) electrons. The summed E-state index contributed by atoms with van der Waals surface area (Å²) in [6.45, 7) is 2.73. The normalized spacial score (nSPS) is 18.1. The molecule has 1 aliphatic heterocycles. The third-order valence-electron chi connectivity index (χ3n) is 4.47. The van der Waals surface area contributed by atoms with Gasteiger partial charge in [0.2, 0.25) is 5.91 Å². The Hall–Kier alpha value is -2.34. The second kappa shape index (κ2) is 7.70. The third-order valence-corrected chi connectivity index (χ3v) is 5.73. The topological polar surface area (TPSA) is 63.5 Å². The van der Waals surface area contributed by atoms with Gasteiger partial charge in [0.25, 0.3) is 5.69 Å². The van der Waals surface area contributed by atoms with E-state index in [0.717, 1.165) is 23.3 Å². The highest BCUT2D eigenvalue weighted by Gasteiger charge is 2.34. The van der Waals surface area contributed by atoms with Gasteiger partial charge in [-0.25, -0.2) is 0 Å². The molecule has 2 aromatic carbocycles. The summed E-state index contributed by atoms with van der Waals surface area (Å²) in [5.74, 6) is 0.848. The fraction of sp³-hybridized carbons (Fsp3) is 0.316. The molecule has 25 heavy (non-hydrogen) atoms. The first kappa shape index (κ1) is 17.5. The van der Waals surface area contributed by atoms with Crippen molar-refractivity contribution in [3.63, 3.8) is 0 Å². The highest BCUT2D eigenvalue weighted by molar-refractivity contribution is 7.99. The van der Waals surface area contributed by atoms with Crippen LogP contribution in [0, 0.1) is 10.1 Å². The minimum absolute atomic E-state index is 0.0698. The van der Waals surface area contributed by atoms with Gasteiger partial charge in [0.15, 0.2) is 0 Å². The molecule has 2 unspecified atom stereocenters. The fourth-order valence-corrected chi connectivity index (χ4v) is 4.44. The number of nitrogens with zero attached hydrogens (tertiary/aromatic N) is 2. The van der Waals surface area contributed by atoms with Crippen LogP contribution in [-0.2, 0) is 4.79 Å². The largest absolute Gasteiger partial charge is 0.325 e. The summed E-state index contributed by atoms with van der Waals surface area (Å²) in [7, 11) is 0. The Labute approximate surface area is 151 Å². The number of thioether (sulfide) groups is 1. The van der Waals surface area contributed by atoms with Crippen molar-refractivity contribution in [2.75, 3.05) is 12.3 Å². The molecule has 2 aromatic rings. The van der Waals surface area contributed by atoms with Crippen LogP contribution in [0.1, 0.15) is 35.8 Å². The lowest BCUT2D eigenvalue weighted by Crippen LogP contribution is -2.34. The van der Waals surface area contributed by atoms with E-state index in [2.05, 4.69) is 0 Å². The number of rotatable bonds is 5. The average Bonchev–Trinajstić information content (AvgIpc) is 3.13. The summed E-state index contributed by atoms with van der Waals surface area (Å²) < 4.78 is 0. The second-order valence-electron chi connectivity index (χ2n) is 5.97. The van der Waals surface area contributed by atoms with Gasteiger partial charge in [0.05, 0.1) is 10.8 Å². The van der Waals surface area contributed by atoms with Gasteiger partial charge in [0, 0.05) is 24.4 Å². The quantitative estimate of drug-likeness (QED) is 0.590. The lowest BCUT2D eigenvalue weighted by atomic mass is 9.95. The number of hydrogen-bond donors (Lipinski definition) is 0. The first-order valence-corrected chi connectivity index (χ1v) is 9.38. The lowest BCUT2D eigenvalue weighted by molar-refractivity contribution is -0.384. The molecule has 0 bridgehead atoms. The number of hydrogen-bond acceptors (Lipinski definition) is 4. The van der Waals surface area contributed by atoms with E-state index >= 15 is 0 Å². The number of carbonyl (C=O) groups excluding carboxylic acids is 1. The number of non-ortho nitro benzene ring substituents is 1. The Morgan fingerprint density at radius 3 is 2.52 bits per heavy atom. The number of benzene rings is 2. The van der Waals surface area contributed by atoms with Crippen molar-refractivity contribution in [1.82, 2.24) is 4.90 Å². The van der Waals surface area contributed by atoms with Crippen molar-refractivity contribution >= 4 is 23.4 Å². The third kappa shape index (κ3) is 3.69. The highest BCUT2D eigenvalue weighted by atomic mass is 32.2. The van der Waals surface area contributed by atoms with Crippen molar-refractivity contribution in [1.29, 1.82) is 0 Å². The maximum Gasteiger partial charge on any atom is 0.269 e. The van der Waals surface area contributed by atoms with Crippen molar-refractivity contribution in [3.05, 3.63) is 75.8 Å². The molecule has 0 aliphatic carbocycles. The van der Waals surface area contributed by atoms with Crippen LogP contribution in [0.5, 0.6) is 0 Å². The maximum absolute atomic E-state index is 13.1. The number of nitro benzene ring substituents is 1. The number of amides is 1. The molecule has 0 saturated carbocycles. The van der Waals surface area contributed by atoms with Gasteiger partial charge >= 0.3 is 0 Å². The van der Waals surface area contributed by atoms with Crippen LogP contribution in [0.2, 0.25) is 0 Å². The van der Waals surface area contributed by atoms with E-state index in [1.54, 1.807) is 23.9 Å². The molecule has 0 N–H and O–H groups in total. The molecule has 0 aromatic heterocycles. The standard InChI is InChI=1S/C19H20N2O3S/c1-2-17(14-6-4-3-5-7-14)18(22)20-12-13-25-19(20)15-8-10-16(11-9-15)21(23)24/h3-11,17,19H,2,12-13H2,1H3. The van der Waals surface area contributed by atoms with Gasteiger partial charge in [-0.05, 0) is 29.7 Å². The van der Waals surface area contributed by atoms with Crippen molar-refractivity contribution in [2.24, 2.45) is 0 Å². The zero-order valence-electron chi connectivity index (χ0n) is 14.0. The summed E-state index contributed by atoms with van der Waals surface area (Å²) in [4.78, 5) is 25.5. The molecule has 0 spiro atoms. The first-order chi connectivity index (χ1) is 12.1. The molecular weight excluding hydrogens is 336 g/mol. The van der Waals surface area contributed by atoms with E-state index in [-0.39, 0.29) is 22.9 Å². The van der Waals surface area contributed by atoms with Gasteiger partial charge in [-0.1, -0.05) is 37.3 Å². The van der Waals surface area contributed by atoms with Gasteiger partial charge in [-0.2, -0.15) is 0 Å². The van der Waals surface area contributed by atoms with Crippen LogP contribution < -0.4 is 0 Å². The van der Waals surface area contributed by atoms with Crippen molar-refractivity contribution < 1.29 is 9.72 Å². The summed E-state index contributed by atoms with van der Waals surface area (Å²) >= 11 is 1.70. The minimum Gasteiger partial charge on any atom is -0.325 e. The van der Waals surface area contributed by atoms with Crippen LogP contribution in [0.4, 0.5) is 5.69 Å². The van der Waals surface area contributed by atoms with Gasteiger partial charge in [-0.15, -0.1) is 11.8 Å². The Morgan fingerprint density at radius 1 is 1.24 bits per heavy atom. The fourth-order valence-electron chi connectivity index (χ4n) is 3.17. The molecule has 2 atom stereocenters. The van der Waals surface area contributed by atoms with Crippen LogP contribution in [0.3, 0.4) is 0 Å². The number of nitro groups is 1. The molecule has 130 valence electrons. The molecule has 3 rings (SSSR count). The van der Waals surface area contributed by atoms with E-state index in [4.69, 9.17) is 0 Å². The summed E-state index contributed by atoms with van der Waals surface area (Å²) in [5, 5.41) is 10.7. The predicted octanol–water partition coefficient (Wildman–Crippen LogP) is 4.36. The SMILES string of the molecule is CCC(C(=O)N1CCSC1c1ccc([N+](=O)[O-])cc1)c1ccccc1. The van der Waals surface area contributed by atoms with Gasteiger partial charge in [-0.3, -0.25) is 14.9 Å². The number of carbonyl (C=O) groups is 1. The maximum atomic E-state index is 13.1. The van der Waals surface area contributed by atoms with E-state index in [0.29, 0.717) is 6.54 Å². The monoisotopic (exact) mass is 356 g/mol. The summed E-state index contributed by atoms with van der Waals surface area (Å²) in [6.07, 6.45) is 0.747. The van der Waals surface area contributed by atoms with Gasteiger partial charge in [0.1, 0.15) is 5.37 Å². The van der Waals surface area contributed by atoms with Crippen LogP contribution >= 0.6 is 11.8 Å². The van der Waals surface area contributed by atoms with Crippen LogP contribution in [0.15, 0.2) is 54.6 Å². The molecule has 1 aliphatic rings. The predicted molar refractivity (Wildman–Crippen MR) is 99.5 cm³/mol. The molecule has 5 nitrogen and oxygen atoms in total. The summed E-state index contributed by atoms with van der Waals surface area (Å²) in [5.41, 5.74) is 2.04. The Balaban J connectivity index is 1.82. The molecule has 1 amide bonds. The van der Waals surface area contributed by atoms with E-state index < -0.39 is 4.92 Å². The Bertz CT molecular complexity index is 749. The van der Waals surface area contributed by atoms with E-state index in [1.165, 1.54) is 12.1 Å². The van der Waals surface area contributed by atoms with Gasteiger partial charge < -0.3 is 4.90 Å². The van der Waals surface area contributed by atoms with Crippen molar-refractivity contribution in [2.45, 2.75) is 24.6 Å². The Kier molecular flexibility index (Phi) is 5.38. The molecule has 6 heteroatoms. The van der Waals surface area contributed by atoms with E-state index in [9.17, 15) is 14.9 Å². The minimum atomic E-state index is -0.406. The first-order valence-electron chi connectivity index (χ1n) is 8.33. The van der Waals surface area contributed by atoms with Crippen molar-refractivity contribution in [3.8, 4) is 0 Å². The molecule has 1 fully saturated rings. The second-order valence-corrected chi connectivity index (χ2v) is 7.16. The lowest BCUT2D eigenvalue weighted by Gasteiger charge is -2.28. The molecular formula is C19H20N2O3S. The van der Waals surface area contributed by atoms with Crippen LogP contribution in [-0.4, -0.2) is 28.0 Å². The highest BCUT2D eigenvalue weighted by Crippen LogP contribution is 2.40. The zero-order valence-corrected chi connectivity index (χ0v) is 14.8. The Morgan fingerprint density at radius 2 is 1.92 bits per heavy atom.